The van der Waals surface area contributed by atoms with E-state index < -0.39 is 0 Å². The van der Waals surface area contributed by atoms with E-state index in [2.05, 4.69) is 9.39 Å². The molecule has 1 fully saturated rings. The number of hydrogen-bond acceptors (Lipinski definition) is 5. The van der Waals surface area contributed by atoms with Crippen LogP contribution in [0.15, 0.2) is 48.5 Å². The van der Waals surface area contributed by atoms with Crippen LogP contribution in [0.3, 0.4) is 0 Å². The molecule has 1 aliphatic rings. The molecule has 0 saturated carbocycles. The van der Waals surface area contributed by atoms with Gasteiger partial charge in [-0.1, -0.05) is 57.9 Å². The highest BCUT2D eigenvalue weighted by Gasteiger charge is 2.29. The van der Waals surface area contributed by atoms with E-state index in [-0.39, 0.29) is 30.2 Å². The van der Waals surface area contributed by atoms with Crippen molar-refractivity contribution in [2.45, 2.75) is 25.8 Å². The van der Waals surface area contributed by atoms with Gasteiger partial charge in [-0.15, -0.1) is 0 Å². The van der Waals surface area contributed by atoms with Crippen LogP contribution in [-0.4, -0.2) is 41.4 Å². The molecule has 2 aromatic rings. The Morgan fingerprint density at radius 1 is 1.00 bits per heavy atom. The smallest absolute Gasteiger partial charge is 0.324 e. The average molecular weight is 383 g/mol. The molecule has 1 heterocycles. The summed E-state index contributed by atoms with van der Waals surface area (Å²) < 4.78 is 7.06. The maximum absolute atomic E-state index is 12.3. The lowest BCUT2D eigenvalue weighted by molar-refractivity contribution is -0.146. The molecule has 0 aliphatic carbocycles. The van der Waals surface area contributed by atoms with Crippen LogP contribution in [0.2, 0.25) is 0 Å². The maximum atomic E-state index is 12.3. The Morgan fingerprint density at radius 2 is 1.56 bits per heavy atom. The molecule has 0 N–H and O–H groups in total. The van der Waals surface area contributed by atoms with Gasteiger partial charge in [-0.3, -0.25) is 19.1 Å². The summed E-state index contributed by atoms with van der Waals surface area (Å²) in [7, 11) is 2.53. The standard InChI is InChI=1S/C21H22NO4P/c1-14(23)15-4-6-16(7-5-15)17-8-10-18(11-9-17)20(24)13-26-21(25)19-3-2-12-22(19)27/h4-11,19H,2-3,12-13,27H2,1H3/t19-/m0/s1. The van der Waals surface area contributed by atoms with Crippen molar-refractivity contribution in [3.05, 3.63) is 59.7 Å². The lowest BCUT2D eigenvalue weighted by Gasteiger charge is -2.17. The zero-order valence-corrected chi connectivity index (χ0v) is 16.3. The Balaban J connectivity index is 1.60. The number of ether oxygens (including phenoxy) is 1. The van der Waals surface area contributed by atoms with Crippen LogP contribution in [0.1, 0.15) is 40.5 Å². The van der Waals surface area contributed by atoms with Crippen molar-refractivity contribution in [3.63, 3.8) is 0 Å². The van der Waals surface area contributed by atoms with E-state index in [0.29, 0.717) is 11.1 Å². The van der Waals surface area contributed by atoms with Crippen molar-refractivity contribution in [2.75, 3.05) is 13.2 Å². The molecule has 0 amide bonds. The highest BCUT2D eigenvalue weighted by molar-refractivity contribution is 7.13. The maximum Gasteiger partial charge on any atom is 0.324 e. The predicted octanol–water partition coefficient (Wildman–Crippen LogP) is 3.54. The van der Waals surface area contributed by atoms with Gasteiger partial charge in [-0.05, 0) is 30.9 Å². The largest absolute Gasteiger partial charge is 0.456 e. The first-order valence-corrected chi connectivity index (χ1v) is 9.40. The molecule has 140 valence electrons. The minimum Gasteiger partial charge on any atom is -0.456 e. The van der Waals surface area contributed by atoms with E-state index >= 15 is 0 Å². The Kier molecular flexibility index (Phi) is 6.15. The third-order valence-electron chi connectivity index (χ3n) is 4.74. The summed E-state index contributed by atoms with van der Waals surface area (Å²) in [5, 5.41) is 0. The van der Waals surface area contributed by atoms with Gasteiger partial charge in [0.15, 0.2) is 18.2 Å². The second kappa shape index (κ2) is 8.55. The van der Waals surface area contributed by atoms with Crippen LogP contribution in [0.25, 0.3) is 11.1 Å². The highest BCUT2D eigenvalue weighted by Crippen LogP contribution is 2.23. The summed E-state index contributed by atoms with van der Waals surface area (Å²) in [6.45, 7) is 2.12. The SMILES string of the molecule is CC(=O)c1ccc(-c2ccc(C(=O)COC(=O)[C@@H]3CCCN3P)cc2)cc1. The fourth-order valence-corrected chi connectivity index (χ4v) is 3.56. The molecule has 0 aromatic heterocycles. The van der Waals surface area contributed by atoms with Gasteiger partial charge in [-0.2, -0.15) is 0 Å². The molecule has 0 spiro atoms. The second-order valence-electron chi connectivity index (χ2n) is 6.64. The summed E-state index contributed by atoms with van der Waals surface area (Å²) in [6, 6.07) is 14.2. The lowest BCUT2D eigenvalue weighted by Crippen LogP contribution is -2.32. The van der Waals surface area contributed by atoms with E-state index in [0.717, 1.165) is 30.5 Å². The van der Waals surface area contributed by atoms with Gasteiger partial charge in [0, 0.05) is 17.7 Å². The zero-order chi connectivity index (χ0) is 19.4. The summed E-state index contributed by atoms with van der Waals surface area (Å²) in [4.78, 5) is 35.7. The molecule has 1 aliphatic heterocycles. The number of esters is 1. The number of rotatable bonds is 6. The van der Waals surface area contributed by atoms with Gasteiger partial charge >= 0.3 is 5.97 Å². The minimum absolute atomic E-state index is 0.0273. The lowest BCUT2D eigenvalue weighted by atomic mass is 10.0. The monoisotopic (exact) mass is 383 g/mol. The molecule has 1 saturated heterocycles. The fourth-order valence-electron chi connectivity index (χ4n) is 3.10. The number of Topliss-reactive ketones (excluding diaryl/α,β-unsaturated/α-hetero) is 2. The summed E-state index contributed by atoms with van der Waals surface area (Å²) in [5.41, 5.74) is 3.08. The number of carbonyl (C=O) groups is 3. The van der Waals surface area contributed by atoms with Crippen molar-refractivity contribution < 1.29 is 19.1 Å². The van der Waals surface area contributed by atoms with E-state index in [1.807, 2.05) is 28.9 Å². The number of ketones is 2. The Bertz CT molecular complexity index is 845. The summed E-state index contributed by atoms with van der Waals surface area (Å²) >= 11 is 0. The highest BCUT2D eigenvalue weighted by atomic mass is 31.0. The second-order valence-corrected chi connectivity index (χ2v) is 7.30. The Morgan fingerprint density at radius 3 is 2.04 bits per heavy atom. The number of carbonyl (C=O) groups excluding carboxylic acids is 3. The molecular formula is C21H22NO4P. The number of nitrogens with zero attached hydrogens (tertiary/aromatic N) is 1. The van der Waals surface area contributed by atoms with Crippen molar-refractivity contribution in [2.24, 2.45) is 0 Å². The fraction of sp³-hybridized carbons (Fsp3) is 0.286. The van der Waals surface area contributed by atoms with Gasteiger partial charge in [0.25, 0.3) is 0 Å². The molecule has 2 atom stereocenters. The average Bonchev–Trinajstić information content (AvgIpc) is 3.12. The van der Waals surface area contributed by atoms with Crippen molar-refractivity contribution in [1.29, 1.82) is 0 Å². The number of hydrogen-bond donors (Lipinski definition) is 0. The van der Waals surface area contributed by atoms with E-state index in [1.165, 1.54) is 6.92 Å². The Hall–Kier alpha value is -2.36. The molecule has 1 unspecified atom stereocenters. The normalized spacial score (nSPS) is 16.9. The molecule has 5 nitrogen and oxygen atoms in total. The zero-order valence-electron chi connectivity index (χ0n) is 15.2. The van der Waals surface area contributed by atoms with E-state index in [4.69, 9.17) is 4.74 Å². The van der Waals surface area contributed by atoms with Crippen molar-refractivity contribution >= 4 is 26.9 Å². The molecule has 27 heavy (non-hydrogen) atoms. The predicted molar refractivity (Wildman–Crippen MR) is 107 cm³/mol. The Labute approximate surface area is 161 Å². The summed E-state index contributed by atoms with van der Waals surface area (Å²) in [6.07, 6.45) is 1.71. The van der Waals surface area contributed by atoms with Crippen LogP contribution < -0.4 is 0 Å². The molecule has 3 rings (SSSR count). The van der Waals surface area contributed by atoms with Gasteiger partial charge in [0.05, 0.1) is 0 Å². The minimum atomic E-state index is -0.349. The van der Waals surface area contributed by atoms with Gasteiger partial charge < -0.3 is 4.74 Å². The topological polar surface area (TPSA) is 63.7 Å². The molecule has 6 heteroatoms. The van der Waals surface area contributed by atoms with Crippen LogP contribution in [0.4, 0.5) is 0 Å². The van der Waals surface area contributed by atoms with Gasteiger partial charge in [-0.25, -0.2) is 0 Å². The third kappa shape index (κ3) is 4.68. The van der Waals surface area contributed by atoms with Crippen LogP contribution in [0.5, 0.6) is 0 Å². The first-order chi connectivity index (χ1) is 13.0. The molecule has 0 bridgehead atoms. The quantitative estimate of drug-likeness (QED) is 0.434. The van der Waals surface area contributed by atoms with Gasteiger partial charge in [0.1, 0.15) is 6.04 Å². The van der Waals surface area contributed by atoms with Crippen molar-refractivity contribution in [3.8, 4) is 11.1 Å². The molecule has 0 radical (unpaired) electrons. The van der Waals surface area contributed by atoms with E-state index in [9.17, 15) is 14.4 Å². The third-order valence-corrected chi connectivity index (χ3v) is 5.36. The number of benzene rings is 2. The van der Waals surface area contributed by atoms with E-state index in [1.54, 1.807) is 24.3 Å². The van der Waals surface area contributed by atoms with Crippen LogP contribution >= 0.6 is 9.39 Å². The van der Waals surface area contributed by atoms with Crippen LogP contribution in [0, 0.1) is 0 Å². The van der Waals surface area contributed by atoms with Crippen molar-refractivity contribution in [1.82, 2.24) is 4.67 Å². The van der Waals surface area contributed by atoms with Gasteiger partial charge in [0.2, 0.25) is 0 Å². The molecular weight excluding hydrogens is 361 g/mol. The molecule has 2 aromatic carbocycles. The first-order valence-electron chi connectivity index (χ1n) is 8.88. The summed E-state index contributed by atoms with van der Waals surface area (Å²) in [5.74, 6) is -0.549. The first kappa shape index (κ1) is 19.4. The van der Waals surface area contributed by atoms with Crippen LogP contribution in [-0.2, 0) is 9.53 Å².